The van der Waals surface area contributed by atoms with Gasteiger partial charge in [-0.3, -0.25) is 0 Å². The molecule has 0 saturated heterocycles. The minimum atomic E-state index is -4.83. The Morgan fingerprint density at radius 1 is 1.27 bits per heavy atom. The lowest BCUT2D eigenvalue weighted by molar-refractivity contribution is 0.219. The molecule has 0 spiro atoms. The fourth-order valence-electron chi connectivity index (χ4n) is 0.830. The largest absolute Gasteiger partial charge is 0.378 e. The van der Waals surface area contributed by atoms with Crippen molar-refractivity contribution in [3.63, 3.8) is 0 Å². The van der Waals surface area contributed by atoms with E-state index < -0.39 is 15.9 Å². The highest BCUT2D eigenvalue weighted by atomic mass is 32.2. The van der Waals surface area contributed by atoms with Gasteiger partial charge in [0, 0.05) is 0 Å². The molecular formula is C9H8F2O3S. The van der Waals surface area contributed by atoms with Gasteiger partial charge in [0.2, 0.25) is 0 Å². The molecule has 0 atom stereocenters. The average molecular weight is 234 g/mol. The van der Waals surface area contributed by atoms with Crippen molar-refractivity contribution < 1.29 is 21.4 Å². The first kappa shape index (κ1) is 11.6. The van der Waals surface area contributed by atoms with E-state index in [2.05, 4.69) is 10.8 Å². The monoisotopic (exact) mass is 234 g/mol. The van der Waals surface area contributed by atoms with Crippen LogP contribution in [0.5, 0.6) is 5.75 Å². The molecule has 1 aromatic rings. The molecule has 3 nitrogen and oxygen atoms in total. The smallest absolute Gasteiger partial charge is 0.372 e. The SMILES string of the molecule is C=Cc1ccc(OS(=O)(=O)C(F)F)cc1. The molecule has 1 aromatic carbocycles. The maximum absolute atomic E-state index is 11.9. The Bertz CT molecular complexity index is 437. The highest BCUT2D eigenvalue weighted by Gasteiger charge is 2.26. The zero-order valence-electron chi connectivity index (χ0n) is 7.56. The zero-order valence-corrected chi connectivity index (χ0v) is 8.38. The van der Waals surface area contributed by atoms with Gasteiger partial charge in [0.05, 0.1) is 0 Å². The van der Waals surface area contributed by atoms with E-state index in [-0.39, 0.29) is 5.75 Å². The van der Waals surface area contributed by atoms with Crippen LogP contribution in [0.2, 0.25) is 0 Å². The molecule has 0 N–H and O–H groups in total. The van der Waals surface area contributed by atoms with Crippen LogP contribution in [0.4, 0.5) is 8.78 Å². The Morgan fingerprint density at radius 2 is 1.80 bits per heavy atom. The van der Waals surface area contributed by atoms with E-state index in [0.717, 1.165) is 5.56 Å². The lowest BCUT2D eigenvalue weighted by atomic mass is 10.2. The van der Waals surface area contributed by atoms with Gasteiger partial charge in [-0.1, -0.05) is 24.8 Å². The molecule has 0 aliphatic heterocycles. The summed E-state index contributed by atoms with van der Waals surface area (Å²) in [6, 6.07) is 5.56. The molecule has 6 heteroatoms. The molecule has 0 aliphatic rings. The Hall–Kier alpha value is -1.43. The molecule has 0 aliphatic carbocycles. The maximum Gasteiger partial charge on any atom is 0.372 e. The van der Waals surface area contributed by atoms with Gasteiger partial charge >= 0.3 is 15.9 Å². The molecule has 82 valence electrons. The van der Waals surface area contributed by atoms with E-state index in [4.69, 9.17) is 0 Å². The normalized spacial score (nSPS) is 11.4. The fraction of sp³-hybridized carbons (Fsp3) is 0.111. The molecular weight excluding hydrogens is 226 g/mol. The summed E-state index contributed by atoms with van der Waals surface area (Å²) in [6.07, 6.45) is 1.53. The molecule has 0 radical (unpaired) electrons. The van der Waals surface area contributed by atoms with Gasteiger partial charge in [-0.05, 0) is 17.7 Å². The predicted octanol–water partition coefficient (Wildman–Crippen LogP) is 2.26. The summed E-state index contributed by atoms with van der Waals surface area (Å²) in [5.41, 5.74) is 0.733. The van der Waals surface area contributed by atoms with Gasteiger partial charge in [-0.2, -0.15) is 17.2 Å². The molecule has 0 aromatic heterocycles. The van der Waals surface area contributed by atoms with E-state index in [0.29, 0.717) is 0 Å². The lowest BCUT2D eigenvalue weighted by Gasteiger charge is -2.05. The number of rotatable bonds is 4. The van der Waals surface area contributed by atoms with Crippen LogP contribution in [0, 0.1) is 0 Å². The first-order valence-corrected chi connectivity index (χ1v) is 5.37. The second-order valence-electron chi connectivity index (χ2n) is 2.61. The second kappa shape index (κ2) is 4.39. The summed E-state index contributed by atoms with van der Waals surface area (Å²) in [7, 11) is -4.83. The molecule has 0 saturated carbocycles. The molecule has 0 heterocycles. The summed E-state index contributed by atoms with van der Waals surface area (Å²) in [5.74, 6) is -3.70. The van der Waals surface area contributed by atoms with Crippen LogP contribution in [0.1, 0.15) is 5.56 Å². The van der Waals surface area contributed by atoms with E-state index in [1.165, 1.54) is 30.3 Å². The standard InChI is InChI=1S/C9H8F2O3S/c1-2-7-3-5-8(6-4-7)14-15(12,13)9(10)11/h2-6,9H,1H2. The fourth-order valence-corrected chi connectivity index (χ4v) is 1.28. The van der Waals surface area contributed by atoms with Gasteiger partial charge in [0.25, 0.3) is 0 Å². The predicted molar refractivity (Wildman–Crippen MR) is 52.1 cm³/mol. The third-order valence-electron chi connectivity index (χ3n) is 1.55. The van der Waals surface area contributed by atoms with Crippen LogP contribution in [0.15, 0.2) is 30.8 Å². The third-order valence-corrected chi connectivity index (χ3v) is 2.41. The van der Waals surface area contributed by atoms with E-state index in [1.807, 2.05) is 0 Å². The van der Waals surface area contributed by atoms with Crippen molar-refractivity contribution in [3.8, 4) is 5.75 Å². The topological polar surface area (TPSA) is 43.4 Å². The number of halogens is 2. The molecule has 0 bridgehead atoms. The third kappa shape index (κ3) is 3.02. The van der Waals surface area contributed by atoms with Crippen molar-refractivity contribution in [2.24, 2.45) is 0 Å². The minimum Gasteiger partial charge on any atom is -0.378 e. The van der Waals surface area contributed by atoms with E-state index >= 15 is 0 Å². The number of hydrogen-bond donors (Lipinski definition) is 0. The van der Waals surface area contributed by atoms with Crippen LogP contribution in [-0.2, 0) is 10.1 Å². The van der Waals surface area contributed by atoms with Crippen molar-refractivity contribution in [3.05, 3.63) is 36.4 Å². The first-order chi connectivity index (χ1) is 6.95. The number of alkyl halides is 2. The van der Waals surface area contributed by atoms with Crippen molar-refractivity contribution in [2.75, 3.05) is 0 Å². The van der Waals surface area contributed by atoms with Crippen LogP contribution in [0.3, 0.4) is 0 Å². The Balaban J connectivity index is 2.87. The summed E-state index contributed by atoms with van der Waals surface area (Å²) >= 11 is 0. The number of hydrogen-bond acceptors (Lipinski definition) is 3. The van der Waals surface area contributed by atoms with Gasteiger partial charge < -0.3 is 4.18 Å². The molecule has 0 amide bonds. The first-order valence-electron chi connectivity index (χ1n) is 3.89. The van der Waals surface area contributed by atoms with Crippen LogP contribution in [-0.4, -0.2) is 14.2 Å². The maximum atomic E-state index is 11.9. The summed E-state index contributed by atoms with van der Waals surface area (Å²) in [5, 5.41) is 0. The molecule has 0 unspecified atom stereocenters. The van der Waals surface area contributed by atoms with Gasteiger partial charge in [-0.15, -0.1) is 0 Å². The van der Waals surface area contributed by atoms with Gasteiger partial charge in [0.1, 0.15) is 5.75 Å². The van der Waals surface area contributed by atoms with Gasteiger partial charge in [-0.25, -0.2) is 0 Å². The molecule has 1 rings (SSSR count). The lowest BCUT2D eigenvalue weighted by Crippen LogP contribution is -2.17. The Kier molecular flexibility index (Phi) is 3.41. The minimum absolute atomic E-state index is 0.152. The Morgan fingerprint density at radius 3 is 2.20 bits per heavy atom. The average Bonchev–Trinajstić information content (AvgIpc) is 2.18. The summed E-state index contributed by atoms with van der Waals surface area (Å²) < 4.78 is 49.3. The van der Waals surface area contributed by atoms with Crippen molar-refractivity contribution in [2.45, 2.75) is 5.76 Å². The highest BCUT2D eigenvalue weighted by molar-refractivity contribution is 7.87. The summed E-state index contributed by atoms with van der Waals surface area (Å²) in [4.78, 5) is 0. The quantitative estimate of drug-likeness (QED) is 0.750. The van der Waals surface area contributed by atoms with Crippen LogP contribution in [0.25, 0.3) is 6.08 Å². The Labute approximate surface area is 86.1 Å². The van der Waals surface area contributed by atoms with Crippen molar-refractivity contribution >= 4 is 16.2 Å². The van der Waals surface area contributed by atoms with Gasteiger partial charge in [0.15, 0.2) is 0 Å². The number of benzene rings is 1. The van der Waals surface area contributed by atoms with Crippen LogP contribution < -0.4 is 4.18 Å². The zero-order chi connectivity index (χ0) is 11.5. The van der Waals surface area contributed by atoms with Crippen molar-refractivity contribution in [1.82, 2.24) is 0 Å². The van der Waals surface area contributed by atoms with E-state index in [9.17, 15) is 17.2 Å². The molecule has 0 fully saturated rings. The van der Waals surface area contributed by atoms with E-state index in [1.54, 1.807) is 0 Å². The van der Waals surface area contributed by atoms with Crippen LogP contribution >= 0.6 is 0 Å². The highest BCUT2D eigenvalue weighted by Crippen LogP contribution is 2.17. The second-order valence-corrected chi connectivity index (χ2v) is 4.12. The summed E-state index contributed by atoms with van der Waals surface area (Å²) in [6.45, 7) is 3.48. The molecule has 15 heavy (non-hydrogen) atoms. The van der Waals surface area contributed by atoms with Crippen molar-refractivity contribution in [1.29, 1.82) is 0 Å².